The second kappa shape index (κ2) is 7.32. The highest BCUT2D eigenvalue weighted by Crippen LogP contribution is 2.30. The topological polar surface area (TPSA) is 68.5 Å². The lowest BCUT2D eigenvalue weighted by Crippen LogP contribution is -2.09. The van der Waals surface area contributed by atoms with E-state index in [4.69, 9.17) is 9.15 Å². The number of ether oxygens (including phenoxy) is 1. The molecule has 0 aliphatic rings. The molecular formula is C22H17NO4S. The van der Waals surface area contributed by atoms with Gasteiger partial charge in [0.1, 0.15) is 11.3 Å². The number of aryl methyl sites for hydroxylation is 1. The number of carbonyl (C=O) groups excluding carboxylic acids is 2. The van der Waals surface area contributed by atoms with E-state index in [0.717, 1.165) is 10.9 Å². The average Bonchev–Trinajstić information content (AvgIpc) is 3.36. The van der Waals surface area contributed by atoms with Crippen LogP contribution in [0.3, 0.4) is 0 Å². The van der Waals surface area contributed by atoms with Crippen molar-refractivity contribution in [1.29, 1.82) is 0 Å². The molecular weight excluding hydrogens is 374 g/mol. The highest BCUT2D eigenvalue weighted by atomic mass is 32.1. The van der Waals surface area contributed by atoms with Crippen molar-refractivity contribution in [3.63, 3.8) is 0 Å². The van der Waals surface area contributed by atoms with Crippen LogP contribution in [-0.4, -0.2) is 18.8 Å². The molecule has 0 atom stereocenters. The molecule has 0 bridgehead atoms. The van der Waals surface area contributed by atoms with Gasteiger partial charge in [0.25, 0.3) is 5.91 Å². The van der Waals surface area contributed by atoms with Crippen LogP contribution in [0.2, 0.25) is 0 Å². The third kappa shape index (κ3) is 3.30. The largest absolute Gasteiger partial charge is 0.497 e. The number of rotatable bonds is 5. The number of hydrogen-bond acceptors (Lipinski definition) is 5. The van der Waals surface area contributed by atoms with Crippen LogP contribution in [-0.2, 0) is 0 Å². The van der Waals surface area contributed by atoms with E-state index < -0.39 is 0 Å². The molecule has 1 N–H and O–H groups in total. The Hall–Kier alpha value is -3.38. The molecule has 0 spiro atoms. The smallest absolute Gasteiger partial charge is 0.265 e. The summed E-state index contributed by atoms with van der Waals surface area (Å²) in [6, 6.07) is 15.9. The fourth-order valence-electron chi connectivity index (χ4n) is 3.02. The first kappa shape index (κ1) is 18.0. The van der Waals surface area contributed by atoms with Crippen molar-refractivity contribution in [2.45, 2.75) is 6.92 Å². The van der Waals surface area contributed by atoms with Crippen molar-refractivity contribution in [2.75, 3.05) is 12.4 Å². The van der Waals surface area contributed by atoms with Gasteiger partial charge in [-0.3, -0.25) is 9.59 Å². The number of hydrogen-bond donors (Lipinski definition) is 1. The van der Waals surface area contributed by atoms with Crippen LogP contribution in [0.4, 0.5) is 5.69 Å². The molecule has 0 aliphatic carbocycles. The maximum Gasteiger partial charge on any atom is 0.265 e. The van der Waals surface area contributed by atoms with Crippen molar-refractivity contribution < 1.29 is 18.7 Å². The number of carbonyl (C=O) groups is 2. The van der Waals surface area contributed by atoms with Gasteiger partial charge in [-0.05, 0) is 42.6 Å². The van der Waals surface area contributed by atoms with Gasteiger partial charge in [-0.2, -0.15) is 0 Å². The molecule has 0 unspecified atom stereocenters. The standard InChI is InChI=1S/C22H17NO4S/c1-13-17-9-8-15(23-22(25)19-7-4-10-28-19)12-18(17)27-21(13)20(24)14-5-3-6-16(11-14)26-2/h3-12H,1-2H3,(H,23,25). The number of methoxy groups -OCH3 is 1. The Morgan fingerprint density at radius 1 is 1.07 bits per heavy atom. The van der Waals surface area contributed by atoms with Crippen molar-refractivity contribution >= 4 is 39.7 Å². The van der Waals surface area contributed by atoms with E-state index in [-0.39, 0.29) is 17.5 Å². The summed E-state index contributed by atoms with van der Waals surface area (Å²) in [6.45, 7) is 1.85. The van der Waals surface area contributed by atoms with Gasteiger partial charge in [-0.15, -0.1) is 11.3 Å². The van der Waals surface area contributed by atoms with Gasteiger partial charge in [0.15, 0.2) is 5.76 Å². The summed E-state index contributed by atoms with van der Waals surface area (Å²) in [4.78, 5) is 25.8. The number of amides is 1. The van der Waals surface area contributed by atoms with E-state index in [1.165, 1.54) is 11.3 Å². The summed E-state index contributed by atoms with van der Waals surface area (Å²) in [5.41, 5.74) is 2.42. The SMILES string of the molecule is COc1cccc(C(=O)c2oc3cc(NC(=O)c4cccs4)ccc3c2C)c1. The molecule has 2 heterocycles. The molecule has 0 saturated carbocycles. The zero-order valence-corrected chi connectivity index (χ0v) is 16.1. The van der Waals surface area contributed by atoms with Crippen LogP contribution in [0, 0.1) is 6.92 Å². The van der Waals surface area contributed by atoms with Crippen LogP contribution >= 0.6 is 11.3 Å². The van der Waals surface area contributed by atoms with Crippen LogP contribution in [0.1, 0.15) is 31.4 Å². The number of fused-ring (bicyclic) bond motifs is 1. The summed E-state index contributed by atoms with van der Waals surface area (Å²) in [7, 11) is 1.56. The molecule has 5 nitrogen and oxygen atoms in total. The molecule has 0 radical (unpaired) electrons. The van der Waals surface area contributed by atoms with E-state index in [0.29, 0.717) is 27.5 Å². The summed E-state index contributed by atoms with van der Waals surface area (Å²) < 4.78 is 11.1. The fraction of sp³-hybridized carbons (Fsp3) is 0.0909. The number of anilines is 1. The van der Waals surface area contributed by atoms with Gasteiger partial charge >= 0.3 is 0 Å². The van der Waals surface area contributed by atoms with Gasteiger partial charge in [0, 0.05) is 28.3 Å². The fourth-order valence-corrected chi connectivity index (χ4v) is 3.63. The predicted molar refractivity (Wildman–Crippen MR) is 110 cm³/mol. The highest BCUT2D eigenvalue weighted by Gasteiger charge is 2.20. The normalized spacial score (nSPS) is 10.8. The first-order chi connectivity index (χ1) is 13.6. The molecule has 4 aromatic rings. The Balaban J connectivity index is 1.66. The number of ketones is 1. The van der Waals surface area contributed by atoms with E-state index in [1.54, 1.807) is 49.6 Å². The maximum absolute atomic E-state index is 12.9. The van der Waals surface area contributed by atoms with Crippen LogP contribution in [0.15, 0.2) is 64.4 Å². The molecule has 2 aromatic heterocycles. The monoisotopic (exact) mass is 391 g/mol. The van der Waals surface area contributed by atoms with Gasteiger partial charge in [0.05, 0.1) is 12.0 Å². The minimum Gasteiger partial charge on any atom is -0.497 e. The second-order valence-corrected chi connectivity index (χ2v) is 7.21. The average molecular weight is 391 g/mol. The molecule has 0 aliphatic heterocycles. The molecule has 1 amide bonds. The molecule has 4 rings (SSSR count). The Morgan fingerprint density at radius 3 is 2.68 bits per heavy atom. The van der Waals surface area contributed by atoms with Gasteiger partial charge in [-0.25, -0.2) is 0 Å². The first-order valence-corrected chi connectivity index (χ1v) is 9.51. The molecule has 0 fully saturated rings. The van der Waals surface area contributed by atoms with Gasteiger partial charge in [-0.1, -0.05) is 18.2 Å². The van der Waals surface area contributed by atoms with E-state index in [1.807, 2.05) is 24.4 Å². The molecule has 140 valence electrons. The zero-order valence-electron chi connectivity index (χ0n) is 15.3. The summed E-state index contributed by atoms with van der Waals surface area (Å²) >= 11 is 1.37. The number of benzene rings is 2. The molecule has 28 heavy (non-hydrogen) atoms. The minimum atomic E-state index is -0.211. The molecule has 6 heteroatoms. The predicted octanol–water partition coefficient (Wildman–Crippen LogP) is 5.29. The lowest BCUT2D eigenvalue weighted by atomic mass is 10.0. The first-order valence-electron chi connectivity index (χ1n) is 8.63. The number of nitrogens with one attached hydrogen (secondary N) is 1. The minimum absolute atomic E-state index is 0.176. The lowest BCUT2D eigenvalue weighted by molar-refractivity contribution is 0.101. The molecule has 0 saturated heterocycles. The third-order valence-electron chi connectivity index (χ3n) is 4.48. The van der Waals surface area contributed by atoms with Gasteiger partial charge < -0.3 is 14.5 Å². The Morgan fingerprint density at radius 2 is 1.93 bits per heavy atom. The Labute approximate surface area is 165 Å². The van der Waals surface area contributed by atoms with E-state index >= 15 is 0 Å². The zero-order chi connectivity index (χ0) is 19.7. The Bertz CT molecular complexity index is 1170. The maximum atomic E-state index is 12.9. The van der Waals surface area contributed by atoms with Crippen molar-refractivity contribution in [1.82, 2.24) is 0 Å². The molecule has 2 aromatic carbocycles. The number of thiophene rings is 1. The Kier molecular flexibility index (Phi) is 4.71. The van der Waals surface area contributed by atoms with E-state index in [2.05, 4.69) is 5.32 Å². The number of furan rings is 1. The second-order valence-electron chi connectivity index (χ2n) is 6.26. The highest BCUT2D eigenvalue weighted by molar-refractivity contribution is 7.12. The van der Waals surface area contributed by atoms with Gasteiger partial charge in [0.2, 0.25) is 5.78 Å². The van der Waals surface area contributed by atoms with Crippen LogP contribution < -0.4 is 10.1 Å². The van der Waals surface area contributed by atoms with E-state index in [9.17, 15) is 9.59 Å². The lowest BCUT2D eigenvalue weighted by Gasteiger charge is -2.03. The van der Waals surface area contributed by atoms with Crippen molar-refractivity contribution in [3.8, 4) is 5.75 Å². The quantitative estimate of drug-likeness (QED) is 0.469. The summed E-state index contributed by atoms with van der Waals surface area (Å²) in [5.74, 6) is 0.505. The summed E-state index contributed by atoms with van der Waals surface area (Å²) in [6.07, 6.45) is 0. The van der Waals surface area contributed by atoms with Crippen molar-refractivity contribution in [2.24, 2.45) is 0 Å². The third-order valence-corrected chi connectivity index (χ3v) is 5.35. The summed E-state index contributed by atoms with van der Waals surface area (Å²) in [5, 5.41) is 5.54. The van der Waals surface area contributed by atoms with Crippen LogP contribution in [0.25, 0.3) is 11.0 Å². The van der Waals surface area contributed by atoms with Crippen molar-refractivity contribution in [3.05, 3.63) is 81.7 Å². The van der Waals surface area contributed by atoms with Crippen LogP contribution in [0.5, 0.6) is 5.75 Å².